The summed E-state index contributed by atoms with van der Waals surface area (Å²) in [7, 11) is -2.76. The fraction of sp³-hybridized carbons (Fsp3) is 0.176. The van der Waals surface area contributed by atoms with E-state index >= 15 is 0 Å². The third-order valence-electron chi connectivity index (χ3n) is 3.94. The fourth-order valence-corrected chi connectivity index (χ4v) is 3.62. The highest BCUT2D eigenvalue weighted by Crippen LogP contribution is 2.16. The lowest BCUT2D eigenvalue weighted by atomic mass is 10.2. The second kappa shape index (κ2) is 7.60. The molecule has 0 saturated carbocycles. The lowest BCUT2D eigenvalue weighted by molar-refractivity contribution is 0.532. The first-order valence-corrected chi connectivity index (χ1v) is 9.52. The Morgan fingerprint density at radius 3 is 2.32 bits per heavy atom. The number of hydrogen-bond acceptors (Lipinski definition) is 4. The molecule has 28 heavy (non-hydrogen) atoms. The van der Waals surface area contributed by atoms with Crippen LogP contribution in [0.15, 0.2) is 52.2 Å². The van der Waals surface area contributed by atoms with Crippen LogP contribution in [0.1, 0.15) is 0 Å². The number of nitrogens with zero attached hydrogens (tertiary/aromatic N) is 3. The minimum absolute atomic E-state index is 0.129. The van der Waals surface area contributed by atoms with Gasteiger partial charge in [-0.1, -0.05) is 0 Å². The number of aromatic nitrogens is 3. The van der Waals surface area contributed by atoms with Gasteiger partial charge in [-0.15, -0.1) is 5.10 Å². The lowest BCUT2D eigenvalue weighted by Crippen LogP contribution is -2.32. The molecule has 0 fully saturated rings. The molecule has 0 bridgehead atoms. The van der Waals surface area contributed by atoms with Crippen molar-refractivity contribution in [1.82, 2.24) is 19.1 Å². The van der Waals surface area contributed by atoms with E-state index in [9.17, 15) is 26.4 Å². The molecule has 148 valence electrons. The maximum absolute atomic E-state index is 13.7. The van der Waals surface area contributed by atoms with E-state index in [-0.39, 0.29) is 18.9 Å². The first kappa shape index (κ1) is 19.8. The number of halogens is 3. The molecule has 0 unspecified atom stereocenters. The second-order valence-corrected chi connectivity index (χ2v) is 7.60. The van der Waals surface area contributed by atoms with Gasteiger partial charge in [-0.3, -0.25) is 4.57 Å². The van der Waals surface area contributed by atoms with Crippen LogP contribution in [0.2, 0.25) is 0 Å². The van der Waals surface area contributed by atoms with Crippen molar-refractivity contribution in [3.8, 4) is 11.4 Å². The molecule has 0 aliphatic rings. The van der Waals surface area contributed by atoms with Gasteiger partial charge in [-0.05, 0) is 36.4 Å². The van der Waals surface area contributed by atoms with Gasteiger partial charge in [0.05, 0.1) is 6.54 Å². The highest BCUT2D eigenvalue weighted by atomic mass is 32.2. The minimum Gasteiger partial charge on any atom is -0.278 e. The van der Waals surface area contributed by atoms with E-state index in [1.54, 1.807) is 0 Å². The number of nitrogens with one attached hydrogen (secondary N) is 1. The molecule has 1 N–H and O–H groups in total. The molecule has 0 aliphatic carbocycles. The molecular weight excluding hydrogens is 397 g/mol. The van der Waals surface area contributed by atoms with Gasteiger partial charge in [0.1, 0.15) is 22.3 Å². The molecule has 0 aliphatic heterocycles. The molecule has 0 amide bonds. The van der Waals surface area contributed by atoms with Crippen LogP contribution >= 0.6 is 0 Å². The zero-order valence-electron chi connectivity index (χ0n) is 14.6. The first-order valence-electron chi connectivity index (χ1n) is 8.03. The zero-order valence-corrected chi connectivity index (χ0v) is 15.4. The number of hydrogen-bond donors (Lipinski definition) is 1. The second-order valence-electron chi connectivity index (χ2n) is 5.87. The molecule has 11 heteroatoms. The summed E-state index contributed by atoms with van der Waals surface area (Å²) in [6.07, 6.45) is 0. The SMILES string of the molecule is Cn1c(-c2ccc(F)cc2)nn(CCNS(=O)(=O)c2ccc(F)cc2F)c1=O. The predicted molar refractivity (Wildman–Crippen MR) is 94.4 cm³/mol. The van der Waals surface area contributed by atoms with E-state index in [0.29, 0.717) is 11.6 Å². The number of rotatable bonds is 6. The van der Waals surface area contributed by atoms with Gasteiger partial charge >= 0.3 is 5.69 Å². The predicted octanol–water partition coefficient (Wildman–Crippen LogP) is 1.64. The van der Waals surface area contributed by atoms with Gasteiger partial charge in [0.15, 0.2) is 5.82 Å². The van der Waals surface area contributed by atoms with Crippen LogP contribution in [0.5, 0.6) is 0 Å². The Hall–Kier alpha value is -2.92. The summed E-state index contributed by atoms with van der Waals surface area (Å²) in [6.45, 7) is -0.380. The summed E-state index contributed by atoms with van der Waals surface area (Å²) in [5.41, 5.74) is 0.000185. The van der Waals surface area contributed by atoms with Crippen LogP contribution in [-0.4, -0.2) is 29.3 Å². The maximum Gasteiger partial charge on any atom is 0.345 e. The first-order chi connectivity index (χ1) is 13.2. The van der Waals surface area contributed by atoms with Crippen LogP contribution in [0.4, 0.5) is 13.2 Å². The van der Waals surface area contributed by atoms with Crippen LogP contribution < -0.4 is 10.4 Å². The highest BCUT2D eigenvalue weighted by molar-refractivity contribution is 7.89. The van der Waals surface area contributed by atoms with Crippen molar-refractivity contribution in [2.75, 3.05) is 6.54 Å². The van der Waals surface area contributed by atoms with E-state index in [4.69, 9.17) is 0 Å². The molecule has 0 spiro atoms. The Morgan fingerprint density at radius 1 is 1.04 bits per heavy atom. The van der Waals surface area contributed by atoms with Gasteiger partial charge in [0, 0.05) is 25.2 Å². The summed E-state index contributed by atoms with van der Waals surface area (Å²) in [5, 5.41) is 4.12. The summed E-state index contributed by atoms with van der Waals surface area (Å²) in [4.78, 5) is 11.6. The Bertz CT molecular complexity index is 1170. The molecule has 1 heterocycles. The molecule has 0 radical (unpaired) electrons. The normalized spacial score (nSPS) is 11.7. The molecule has 3 rings (SSSR count). The van der Waals surface area contributed by atoms with Crippen LogP contribution in [-0.2, 0) is 23.6 Å². The van der Waals surface area contributed by atoms with Crippen molar-refractivity contribution in [2.45, 2.75) is 11.4 Å². The van der Waals surface area contributed by atoms with Gasteiger partial charge in [-0.2, -0.15) is 0 Å². The van der Waals surface area contributed by atoms with E-state index in [1.807, 2.05) is 0 Å². The molecule has 1 aromatic heterocycles. The van der Waals surface area contributed by atoms with Gasteiger partial charge in [0.25, 0.3) is 0 Å². The molecule has 0 saturated heterocycles. The summed E-state index contributed by atoms with van der Waals surface area (Å²) < 4.78 is 68.3. The molecule has 2 aromatic carbocycles. The number of benzene rings is 2. The topological polar surface area (TPSA) is 86.0 Å². The quantitative estimate of drug-likeness (QED) is 0.667. The van der Waals surface area contributed by atoms with Crippen molar-refractivity contribution >= 4 is 10.0 Å². The monoisotopic (exact) mass is 412 g/mol. The van der Waals surface area contributed by atoms with E-state index < -0.39 is 38.1 Å². The fourth-order valence-electron chi connectivity index (χ4n) is 2.54. The average Bonchev–Trinajstić information content (AvgIpc) is 2.90. The van der Waals surface area contributed by atoms with Crippen molar-refractivity contribution in [2.24, 2.45) is 7.05 Å². The highest BCUT2D eigenvalue weighted by Gasteiger charge is 2.20. The third kappa shape index (κ3) is 3.99. The van der Waals surface area contributed by atoms with E-state index in [1.165, 1.54) is 35.9 Å². The van der Waals surface area contributed by atoms with Crippen molar-refractivity contribution in [3.63, 3.8) is 0 Å². The summed E-state index contributed by atoms with van der Waals surface area (Å²) >= 11 is 0. The van der Waals surface area contributed by atoms with E-state index in [2.05, 4.69) is 9.82 Å². The third-order valence-corrected chi connectivity index (χ3v) is 5.44. The Labute approximate surface area is 158 Å². The smallest absolute Gasteiger partial charge is 0.278 e. The van der Waals surface area contributed by atoms with Crippen LogP contribution in [0.3, 0.4) is 0 Å². The molecular formula is C17H15F3N4O3S. The van der Waals surface area contributed by atoms with Crippen molar-refractivity contribution in [3.05, 3.63) is 70.4 Å². The largest absolute Gasteiger partial charge is 0.345 e. The molecule has 3 aromatic rings. The number of sulfonamides is 1. The molecule has 7 nitrogen and oxygen atoms in total. The van der Waals surface area contributed by atoms with Gasteiger partial charge in [0.2, 0.25) is 10.0 Å². The van der Waals surface area contributed by atoms with E-state index in [0.717, 1.165) is 16.8 Å². The van der Waals surface area contributed by atoms with Gasteiger partial charge in [-0.25, -0.2) is 35.8 Å². The Morgan fingerprint density at radius 2 is 1.68 bits per heavy atom. The average molecular weight is 412 g/mol. The summed E-state index contributed by atoms with van der Waals surface area (Å²) in [6, 6.07) is 7.48. The molecule has 0 atom stereocenters. The standard InChI is InChI=1S/C17H15F3N4O3S/c1-23-16(11-2-4-12(18)5-3-11)22-24(17(23)25)9-8-21-28(26,27)15-7-6-13(19)10-14(15)20/h2-7,10,21H,8-9H2,1H3. The maximum atomic E-state index is 13.7. The minimum atomic E-state index is -4.23. The van der Waals surface area contributed by atoms with Crippen molar-refractivity contribution < 1.29 is 21.6 Å². The van der Waals surface area contributed by atoms with Crippen LogP contribution in [0, 0.1) is 17.5 Å². The van der Waals surface area contributed by atoms with Gasteiger partial charge < -0.3 is 0 Å². The zero-order chi connectivity index (χ0) is 20.5. The Balaban J connectivity index is 1.75. The van der Waals surface area contributed by atoms with Crippen LogP contribution in [0.25, 0.3) is 11.4 Å². The van der Waals surface area contributed by atoms with Crippen molar-refractivity contribution in [1.29, 1.82) is 0 Å². The Kier molecular flexibility index (Phi) is 5.38. The lowest BCUT2D eigenvalue weighted by Gasteiger charge is -2.07. The summed E-state index contributed by atoms with van der Waals surface area (Å²) in [5.74, 6) is -2.28.